The fourth-order valence-corrected chi connectivity index (χ4v) is 2.67. The molecule has 9 nitrogen and oxygen atoms in total. The van der Waals surface area contributed by atoms with Gasteiger partial charge in [0, 0.05) is 36.3 Å². The molecule has 13 heteroatoms. The third-order valence-electron chi connectivity index (χ3n) is 4.13. The Labute approximate surface area is 165 Å². The highest BCUT2D eigenvalue weighted by atomic mass is 19.4. The first-order valence-electron chi connectivity index (χ1n) is 8.55. The van der Waals surface area contributed by atoms with Gasteiger partial charge >= 0.3 is 17.9 Å². The number of benzene rings is 1. The van der Waals surface area contributed by atoms with Gasteiger partial charge in [-0.3, -0.25) is 5.10 Å². The molecule has 2 aromatic heterocycles. The van der Waals surface area contributed by atoms with Crippen LogP contribution in [0.3, 0.4) is 0 Å². The normalized spacial score (nSPS) is 13.3. The molecule has 0 saturated heterocycles. The number of carbonyl (C=O) groups is 1. The van der Waals surface area contributed by atoms with E-state index in [2.05, 4.69) is 20.6 Å². The molecule has 0 aliphatic carbocycles. The summed E-state index contributed by atoms with van der Waals surface area (Å²) in [5, 5.41) is 21.9. The number of halogens is 4. The maximum Gasteiger partial charge on any atom is 0.490 e. The lowest BCUT2D eigenvalue weighted by atomic mass is 10.1. The number of aromatic amines is 1. The minimum absolute atomic E-state index is 0.164. The number of alkyl halides is 3. The van der Waals surface area contributed by atoms with Gasteiger partial charge in [-0.1, -0.05) is 0 Å². The van der Waals surface area contributed by atoms with Gasteiger partial charge in [-0.15, -0.1) is 5.10 Å². The van der Waals surface area contributed by atoms with Gasteiger partial charge in [-0.25, -0.2) is 14.0 Å². The SMILES string of the molecule is O=C(O)C(F)(F)F.O=c1oc(-c2ccc(F)cc2)nn1Cc1n[nH]c2c1CNCC2. The van der Waals surface area contributed by atoms with Gasteiger partial charge in [0.25, 0.3) is 0 Å². The monoisotopic (exact) mass is 429 g/mol. The second-order valence-corrected chi connectivity index (χ2v) is 6.19. The van der Waals surface area contributed by atoms with Crippen molar-refractivity contribution in [2.75, 3.05) is 6.54 Å². The van der Waals surface area contributed by atoms with E-state index in [0.29, 0.717) is 5.56 Å². The summed E-state index contributed by atoms with van der Waals surface area (Å²) < 4.78 is 51.1. The van der Waals surface area contributed by atoms with E-state index in [1.54, 1.807) is 0 Å². The van der Waals surface area contributed by atoms with Gasteiger partial charge in [-0.05, 0) is 24.3 Å². The lowest BCUT2D eigenvalue weighted by Gasteiger charge is -2.12. The van der Waals surface area contributed by atoms with E-state index in [4.69, 9.17) is 14.3 Å². The molecule has 0 saturated carbocycles. The van der Waals surface area contributed by atoms with Crippen LogP contribution in [0.25, 0.3) is 11.5 Å². The zero-order chi connectivity index (χ0) is 21.9. The Morgan fingerprint density at radius 3 is 2.57 bits per heavy atom. The number of aliphatic carboxylic acids is 1. The molecule has 30 heavy (non-hydrogen) atoms. The molecule has 0 bridgehead atoms. The second-order valence-electron chi connectivity index (χ2n) is 6.19. The molecule has 1 aromatic carbocycles. The predicted molar refractivity (Wildman–Crippen MR) is 92.9 cm³/mol. The van der Waals surface area contributed by atoms with Gasteiger partial charge < -0.3 is 14.8 Å². The summed E-state index contributed by atoms with van der Waals surface area (Å²) in [6.45, 7) is 1.86. The fourth-order valence-electron chi connectivity index (χ4n) is 2.67. The molecule has 0 spiro atoms. The van der Waals surface area contributed by atoms with Gasteiger partial charge in [0.05, 0.1) is 12.2 Å². The molecular weight excluding hydrogens is 414 g/mol. The van der Waals surface area contributed by atoms with Crippen molar-refractivity contribution in [2.45, 2.75) is 25.7 Å². The lowest BCUT2D eigenvalue weighted by molar-refractivity contribution is -0.192. The first-order chi connectivity index (χ1) is 14.1. The van der Waals surface area contributed by atoms with Crippen LogP contribution in [0.5, 0.6) is 0 Å². The largest absolute Gasteiger partial charge is 0.490 e. The van der Waals surface area contributed by atoms with E-state index in [0.717, 1.165) is 36.5 Å². The topological polar surface area (TPSA) is 126 Å². The van der Waals surface area contributed by atoms with E-state index in [1.165, 1.54) is 28.9 Å². The molecule has 1 aliphatic heterocycles. The minimum Gasteiger partial charge on any atom is -0.475 e. The fraction of sp³-hybridized carbons (Fsp3) is 0.294. The van der Waals surface area contributed by atoms with E-state index in [9.17, 15) is 22.4 Å². The summed E-state index contributed by atoms with van der Waals surface area (Å²) in [7, 11) is 0. The second kappa shape index (κ2) is 8.49. The number of H-pyrrole nitrogens is 1. The molecule has 1 aliphatic rings. The molecule has 0 radical (unpaired) electrons. The number of hydrogen-bond acceptors (Lipinski definition) is 6. The van der Waals surface area contributed by atoms with Crippen molar-refractivity contribution in [3.8, 4) is 11.5 Å². The molecule has 3 N–H and O–H groups in total. The number of nitrogens with one attached hydrogen (secondary N) is 2. The first-order valence-corrected chi connectivity index (χ1v) is 8.55. The minimum atomic E-state index is -5.08. The Hall–Kier alpha value is -3.48. The number of aromatic nitrogens is 4. The summed E-state index contributed by atoms with van der Waals surface area (Å²) >= 11 is 0. The van der Waals surface area contributed by atoms with Crippen LogP contribution in [0.15, 0.2) is 33.5 Å². The van der Waals surface area contributed by atoms with Crippen LogP contribution in [0.2, 0.25) is 0 Å². The van der Waals surface area contributed by atoms with Crippen LogP contribution in [0, 0.1) is 5.82 Å². The van der Waals surface area contributed by atoms with Gasteiger partial charge in [0.1, 0.15) is 5.82 Å². The van der Waals surface area contributed by atoms with Crippen LogP contribution in [0.1, 0.15) is 17.0 Å². The smallest absolute Gasteiger partial charge is 0.475 e. The molecule has 0 unspecified atom stereocenters. The van der Waals surface area contributed by atoms with Crippen molar-refractivity contribution in [2.24, 2.45) is 0 Å². The Morgan fingerprint density at radius 1 is 1.27 bits per heavy atom. The van der Waals surface area contributed by atoms with Crippen molar-refractivity contribution >= 4 is 5.97 Å². The number of hydrogen-bond donors (Lipinski definition) is 3. The Bertz CT molecular complexity index is 1090. The molecular formula is C17H15F4N5O4. The maximum atomic E-state index is 13.0. The lowest BCUT2D eigenvalue weighted by Crippen LogP contribution is -2.25. The third kappa shape index (κ3) is 4.92. The summed E-state index contributed by atoms with van der Waals surface area (Å²) in [6, 6.07) is 5.63. The van der Waals surface area contributed by atoms with Crippen LogP contribution in [-0.4, -0.2) is 43.8 Å². The zero-order valence-corrected chi connectivity index (χ0v) is 15.2. The molecule has 3 aromatic rings. The average molecular weight is 429 g/mol. The van der Waals surface area contributed by atoms with Crippen molar-refractivity contribution in [3.63, 3.8) is 0 Å². The number of nitrogens with zero attached hydrogens (tertiary/aromatic N) is 3. The van der Waals surface area contributed by atoms with Crippen LogP contribution < -0.4 is 11.1 Å². The third-order valence-corrected chi connectivity index (χ3v) is 4.13. The Balaban J connectivity index is 0.000000318. The number of rotatable bonds is 3. The van der Waals surface area contributed by atoms with E-state index < -0.39 is 17.9 Å². The maximum absolute atomic E-state index is 13.0. The highest BCUT2D eigenvalue weighted by Crippen LogP contribution is 2.18. The number of carboxylic acid groups (broad SMARTS) is 1. The summed E-state index contributed by atoms with van der Waals surface area (Å²) in [5.74, 6) is -3.51. The highest BCUT2D eigenvalue weighted by Gasteiger charge is 2.38. The van der Waals surface area contributed by atoms with Gasteiger partial charge in [0.2, 0.25) is 5.89 Å². The summed E-state index contributed by atoms with van der Waals surface area (Å²) in [6.07, 6.45) is -4.20. The van der Waals surface area contributed by atoms with E-state index >= 15 is 0 Å². The molecule has 3 heterocycles. The predicted octanol–water partition coefficient (Wildman–Crippen LogP) is 1.69. The Kier molecular flexibility index (Phi) is 6.01. The molecule has 0 amide bonds. The molecule has 4 rings (SSSR count). The molecule has 0 fully saturated rings. The molecule has 160 valence electrons. The number of carboxylic acids is 1. The molecule has 0 atom stereocenters. The van der Waals surface area contributed by atoms with Gasteiger partial charge in [-0.2, -0.15) is 23.0 Å². The highest BCUT2D eigenvalue weighted by molar-refractivity contribution is 5.73. The van der Waals surface area contributed by atoms with E-state index in [-0.39, 0.29) is 18.3 Å². The summed E-state index contributed by atoms with van der Waals surface area (Å²) in [5.41, 5.74) is 3.49. The van der Waals surface area contributed by atoms with Crippen molar-refractivity contribution in [1.29, 1.82) is 0 Å². The quantitative estimate of drug-likeness (QED) is 0.541. The van der Waals surface area contributed by atoms with Crippen LogP contribution in [0.4, 0.5) is 17.6 Å². The standard InChI is InChI=1S/C15H14FN5O2.C2HF3O2/c16-10-3-1-9(2-4-10)14-20-21(15(22)23-14)8-13-11-7-17-6-5-12(11)18-19-13;3-2(4,5)1(6)7/h1-4,17H,5-8H2,(H,18,19);(H,6,7). The summed E-state index contributed by atoms with van der Waals surface area (Å²) in [4.78, 5) is 20.9. The van der Waals surface area contributed by atoms with Crippen molar-refractivity contribution < 1.29 is 31.9 Å². The first kappa shape index (κ1) is 21.2. The average Bonchev–Trinajstić information content (AvgIpc) is 3.26. The van der Waals surface area contributed by atoms with E-state index in [1.807, 2.05) is 0 Å². The van der Waals surface area contributed by atoms with Crippen molar-refractivity contribution in [1.82, 2.24) is 25.3 Å². The zero-order valence-electron chi connectivity index (χ0n) is 15.2. The van der Waals surface area contributed by atoms with Crippen LogP contribution in [-0.2, 0) is 24.3 Å². The van der Waals surface area contributed by atoms with Crippen molar-refractivity contribution in [3.05, 3.63) is 57.6 Å². The Morgan fingerprint density at radius 2 is 1.93 bits per heavy atom. The van der Waals surface area contributed by atoms with Crippen LogP contribution >= 0.6 is 0 Å². The number of fused-ring (bicyclic) bond motifs is 1. The van der Waals surface area contributed by atoms with Gasteiger partial charge in [0.15, 0.2) is 0 Å².